The van der Waals surface area contributed by atoms with Gasteiger partial charge in [-0.3, -0.25) is 4.79 Å². The van der Waals surface area contributed by atoms with Crippen LogP contribution in [0.1, 0.15) is 22.8 Å². The minimum atomic E-state index is -3.26. The average Bonchev–Trinajstić information content (AvgIpc) is 2.70. The molecule has 0 aromatic heterocycles. The van der Waals surface area contributed by atoms with Crippen molar-refractivity contribution in [3.05, 3.63) is 59.7 Å². The molecule has 0 saturated carbocycles. The third-order valence-corrected chi connectivity index (χ3v) is 5.70. The Balaban J connectivity index is 1.96. The lowest BCUT2D eigenvalue weighted by molar-refractivity contribution is -0.125. The van der Waals surface area contributed by atoms with Crippen LogP contribution in [0.4, 0.5) is 14.5 Å². The van der Waals surface area contributed by atoms with Crippen LogP contribution in [-0.2, 0) is 21.1 Å². The number of sulfone groups is 1. The molecule has 0 unspecified atom stereocenters. The number of nitrogens with one attached hydrogen (secondary N) is 2. The summed E-state index contributed by atoms with van der Waals surface area (Å²) in [6, 6.07) is 13.0. The molecule has 152 valence electrons. The molecule has 0 aliphatic heterocycles. The summed E-state index contributed by atoms with van der Waals surface area (Å²) in [5.41, 5.74) is 1.62. The second-order valence-corrected chi connectivity index (χ2v) is 8.11. The first-order valence-electron chi connectivity index (χ1n) is 8.66. The number of alkyl halides is 2. The number of ether oxygens (including phenoxy) is 1. The molecular weight excluding hydrogens is 390 g/mol. The van der Waals surface area contributed by atoms with Crippen LogP contribution in [0, 0.1) is 0 Å². The molecular formula is C19H22F2N2O4S. The Kier molecular flexibility index (Phi) is 7.89. The Hall–Kier alpha value is -2.52. The molecule has 0 aliphatic carbocycles. The van der Waals surface area contributed by atoms with Gasteiger partial charge in [0.15, 0.2) is 9.84 Å². The highest BCUT2D eigenvalue weighted by Crippen LogP contribution is 2.16. The van der Waals surface area contributed by atoms with Gasteiger partial charge < -0.3 is 15.4 Å². The summed E-state index contributed by atoms with van der Waals surface area (Å²) in [6.45, 7) is -1.11. The molecule has 0 heterocycles. The lowest BCUT2D eigenvalue weighted by Crippen LogP contribution is -2.24. The molecule has 0 fully saturated rings. The van der Waals surface area contributed by atoms with Gasteiger partial charge in [0.25, 0.3) is 5.91 Å². The third kappa shape index (κ3) is 6.28. The fraction of sp³-hybridized carbons (Fsp3) is 0.316. The summed E-state index contributed by atoms with van der Waals surface area (Å²) >= 11 is 0. The van der Waals surface area contributed by atoms with E-state index in [1.807, 2.05) is 0 Å². The van der Waals surface area contributed by atoms with Crippen molar-refractivity contribution in [1.29, 1.82) is 0 Å². The number of rotatable bonds is 10. The van der Waals surface area contributed by atoms with Gasteiger partial charge in [-0.15, -0.1) is 0 Å². The Morgan fingerprint density at radius 2 is 1.79 bits per heavy atom. The van der Waals surface area contributed by atoms with Crippen LogP contribution in [0.15, 0.2) is 53.4 Å². The van der Waals surface area contributed by atoms with Gasteiger partial charge in [-0.2, -0.15) is 8.78 Å². The highest BCUT2D eigenvalue weighted by atomic mass is 32.2. The number of carbonyl (C=O) groups is 1. The van der Waals surface area contributed by atoms with Gasteiger partial charge in [0.1, 0.15) is 0 Å². The number of anilines is 1. The van der Waals surface area contributed by atoms with Crippen LogP contribution >= 0.6 is 0 Å². The van der Waals surface area contributed by atoms with E-state index in [0.717, 1.165) is 5.56 Å². The summed E-state index contributed by atoms with van der Waals surface area (Å²) in [7, 11) is -3.26. The summed E-state index contributed by atoms with van der Waals surface area (Å²) < 4.78 is 51.8. The molecule has 2 rings (SSSR count). The van der Waals surface area contributed by atoms with Crippen LogP contribution in [0.2, 0.25) is 0 Å². The SMILES string of the molecule is CCS(=O)(=O)c1ccc(CNC(=O)c2ccccc2NCCOC(F)F)cc1. The van der Waals surface area contributed by atoms with Crippen molar-refractivity contribution in [2.75, 3.05) is 24.2 Å². The monoisotopic (exact) mass is 412 g/mol. The van der Waals surface area contributed by atoms with Gasteiger partial charge in [0.05, 0.1) is 22.8 Å². The first-order valence-corrected chi connectivity index (χ1v) is 10.3. The van der Waals surface area contributed by atoms with Crippen LogP contribution in [0.5, 0.6) is 0 Å². The number of hydrogen-bond donors (Lipinski definition) is 2. The first kappa shape index (κ1) is 21.8. The molecule has 0 aliphatic rings. The van der Waals surface area contributed by atoms with Crippen molar-refractivity contribution >= 4 is 21.4 Å². The van der Waals surface area contributed by atoms with Crippen LogP contribution in [0.3, 0.4) is 0 Å². The molecule has 9 heteroatoms. The molecule has 0 atom stereocenters. The van der Waals surface area contributed by atoms with Crippen LogP contribution in [-0.4, -0.2) is 39.8 Å². The Bertz CT molecular complexity index is 887. The molecule has 28 heavy (non-hydrogen) atoms. The minimum absolute atomic E-state index is 0.0230. The fourth-order valence-corrected chi connectivity index (χ4v) is 3.31. The van der Waals surface area contributed by atoms with Crippen LogP contribution < -0.4 is 10.6 Å². The molecule has 2 aromatic rings. The van der Waals surface area contributed by atoms with Gasteiger partial charge in [0.2, 0.25) is 0 Å². The maximum absolute atomic E-state index is 12.5. The molecule has 6 nitrogen and oxygen atoms in total. The molecule has 0 saturated heterocycles. The normalized spacial score (nSPS) is 11.4. The lowest BCUT2D eigenvalue weighted by Gasteiger charge is -2.12. The summed E-state index contributed by atoms with van der Waals surface area (Å²) in [5.74, 6) is -0.321. The smallest absolute Gasteiger partial charge is 0.345 e. The summed E-state index contributed by atoms with van der Waals surface area (Å²) in [6.07, 6.45) is 0. The second-order valence-electron chi connectivity index (χ2n) is 5.83. The quantitative estimate of drug-likeness (QED) is 0.586. The highest BCUT2D eigenvalue weighted by molar-refractivity contribution is 7.91. The number of para-hydroxylation sites is 1. The standard InChI is InChI=1S/C19H22F2N2O4S/c1-2-28(25,26)15-9-7-14(8-10-15)13-23-18(24)16-5-3-4-6-17(16)22-11-12-27-19(20)21/h3-10,19,22H,2,11-13H2,1H3,(H,23,24). The highest BCUT2D eigenvalue weighted by Gasteiger charge is 2.13. The zero-order chi connectivity index (χ0) is 20.6. The van der Waals surface area contributed by atoms with E-state index < -0.39 is 16.4 Å². The zero-order valence-electron chi connectivity index (χ0n) is 15.3. The van der Waals surface area contributed by atoms with Crippen molar-refractivity contribution in [3.8, 4) is 0 Å². The summed E-state index contributed by atoms with van der Waals surface area (Å²) in [4.78, 5) is 12.7. The predicted molar refractivity (Wildman–Crippen MR) is 102 cm³/mol. The number of benzene rings is 2. The van der Waals surface area contributed by atoms with Crippen LogP contribution in [0.25, 0.3) is 0 Å². The van der Waals surface area contributed by atoms with Gasteiger partial charge >= 0.3 is 6.61 Å². The zero-order valence-corrected chi connectivity index (χ0v) is 16.1. The van der Waals surface area contributed by atoms with Crippen molar-refractivity contribution in [3.63, 3.8) is 0 Å². The maximum Gasteiger partial charge on any atom is 0.345 e. The number of amides is 1. The predicted octanol–water partition coefficient (Wildman–Crippen LogP) is 3.06. The van der Waals surface area contributed by atoms with Crippen molar-refractivity contribution in [2.24, 2.45) is 0 Å². The fourth-order valence-electron chi connectivity index (χ4n) is 2.43. The lowest BCUT2D eigenvalue weighted by atomic mass is 10.1. The molecule has 0 spiro atoms. The second kappa shape index (κ2) is 10.1. The Labute approximate surface area is 162 Å². The Morgan fingerprint density at radius 1 is 1.11 bits per heavy atom. The van der Waals surface area contributed by atoms with E-state index in [1.165, 1.54) is 12.1 Å². The molecule has 0 bridgehead atoms. The molecule has 1 amide bonds. The van der Waals surface area contributed by atoms with Crippen molar-refractivity contribution < 1.29 is 26.7 Å². The number of halogens is 2. The van der Waals surface area contributed by atoms with Gasteiger partial charge in [-0.1, -0.05) is 31.2 Å². The van der Waals surface area contributed by atoms with E-state index in [4.69, 9.17) is 0 Å². The van der Waals surface area contributed by atoms with Gasteiger partial charge in [-0.25, -0.2) is 8.42 Å². The van der Waals surface area contributed by atoms with Crippen molar-refractivity contribution in [1.82, 2.24) is 5.32 Å². The van der Waals surface area contributed by atoms with Gasteiger partial charge in [-0.05, 0) is 29.8 Å². The van der Waals surface area contributed by atoms with E-state index >= 15 is 0 Å². The largest absolute Gasteiger partial charge is 0.382 e. The number of hydrogen-bond acceptors (Lipinski definition) is 5. The third-order valence-electron chi connectivity index (χ3n) is 3.95. The average molecular weight is 412 g/mol. The van der Waals surface area contributed by atoms with E-state index in [9.17, 15) is 22.0 Å². The number of carbonyl (C=O) groups excluding carboxylic acids is 1. The van der Waals surface area contributed by atoms with E-state index in [2.05, 4.69) is 15.4 Å². The topological polar surface area (TPSA) is 84.5 Å². The van der Waals surface area contributed by atoms with Gasteiger partial charge in [0, 0.05) is 18.8 Å². The van der Waals surface area contributed by atoms with Crippen molar-refractivity contribution in [2.45, 2.75) is 25.0 Å². The summed E-state index contributed by atoms with van der Waals surface area (Å²) in [5, 5.41) is 5.65. The van der Waals surface area contributed by atoms with E-state index in [1.54, 1.807) is 43.3 Å². The molecule has 2 N–H and O–H groups in total. The first-order chi connectivity index (χ1) is 13.3. The Morgan fingerprint density at radius 3 is 2.43 bits per heavy atom. The molecule has 2 aromatic carbocycles. The minimum Gasteiger partial charge on any atom is -0.382 e. The molecule has 0 radical (unpaired) electrons. The maximum atomic E-state index is 12.5. The van der Waals surface area contributed by atoms with E-state index in [0.29, 0.717) is 11.3 Å². The van der Waals surface area contributed by atoms with E-state index in [-0.39, 0.29) is 36.3 Å².